The first-order valence-electron chi connectivity index (χ1n) is 15.6. The highest BCUT2D eigenvalue weighted by atomic mass is 35.5. The minimum atomic E-state index is -3.75. The SMILES string of the molecule is CN(C)CCN(c1ccc2c(c1)C(=O)N(CC(=O)OC(Cc1c(Cl)c[n+]([O-])cc1Cl)c1ccc(OC(F)F)c(OCC3CC3)c1)C2=O)S(C)(=O)=O. The lowest BCUT2D eigenvalue weighted by molar-refractivity contribution is -0.605. The molecule has 18 heteroatoms. The van der Waals surface area contributed by atoms with Gasteiger partial charge in [-0.1, -0.05) is 29.3 Å². The number of carbonyl (C=O) groups excluding carboxylic acids is 3. The molecular formula is C33H34Cl2F2N4O9S. The van der Waals surface area contributed by atoms with Crippen molar-refractivity contribution < 1.29 is 50.5 Å². The third kappa shape index (κ3) is 9.36. The Morgan fingerprint density at radius 1 is 1.02 bits per heavy atom. The molecule has 0 bridgehead atoms. The Morgan fingerprint density at radius 3 is 2.29 bits per heavy atom. The van der Waals surface area contributed by atoms with Crippen LogP contribution >= 0.6 is 23.2 Å². The summed E-state index contributed by atoms with van der Waals surface area (Å²) in [6.07, 6.45) is 3.51. The lowest BCUT2D eigenvalue weighted by atomic mass is 10.0. The molecule has 3 aromatic rings. The lowest BCUT2D eigenvalue weighted by Crippen LogP contribution is -2.36. The predicted molar refractivity (Wildman–Crippen MR) is 182 cm³/mol. The van der Waals surface area contributed by atoms with E-state index < -0.39 is 47.1 Å². The van der Waals surface area contributed by atoms with Gasteiger partial charge in [0.05, 0.1) is 29.7 Å². The molecule has 1 atom stereocenters. The summed E-state index contributed by atoms with van der Waals surface area (Å²) in [5.41, 5.74) is 0.497. The van der Waals surface area contributed by atoms with E-state index in [4.69, 9.17) is 32.7 Å². The van der Waals surface area contributed by atoms with E-state index in [1.807, 2.05) is 0 Å². The van der Waals surface area contributed by atoms with Crippen molar-refractivity contribution in [2.24, 2.45) is 5.92 Å². The average Bonchev–Trinajstić information content (AvgIpc) is 3.84. The summed E-state index contributed by atoms with van der Waals surface area (Å²) < 4.78 is 69.2. The van der Waals surface area contributed by atoms with Crippen LogP contribution < -0.4 is 18.5 Å². The van der Waals surface area contributed by atoms with Crippen molar-refractivity contribution >= 4 is 56.7 Å². The maximum atomic E-state index is 13.5. The van der Waals surface area contributed by atoms with E-state index in [9.17, 15) is 36.8 Å². The van der Waals surface area contributed by atoms with Crippen LogP contribution in [0.1, 0.15) is 50.8 Å². The first-order chi connectivity index (χ1) is 24.0. The second-order valence-corrected chi connectivity index (χ2v) is 15.1. The van der Waals surface area contributed by atoms with Crippen LogP contribution in [0.2, 0.25) is 10.0 Å². The third-order valence-electron chi connectivity index (χ3n) is 8.13. The summed E-state index contributed by atoms with van der Waals surface area (Å²) in [4.78, 5) is 42.7. The molecule has 0 N–H and O–H groups in total. The number of imide groups is 1. The molecule has 2 amide bonds. The van der Waals surface area contributed by atoms with Gasteiger partial charge in [-0.05, 0) is 68.8 Å². The number of benzene rings is 2. The van der Waals surface area contributed by atoms with Crippen molar-refractivity contribution in [1.29, 1.82) is 0 Å². The quantitative estimate of drug-likeness (QED) is 0.0884. The Kier molecular flexibility index (Phi) is 11.6. The predicted octanol–water partition coefficient (Wildman–Crippen LogP) is 4.47. The molecule has 0 spiro atoms. The van der Waals surface area contributed by atoms with Crippen LogP contribution in [0.15, 0.2) is 48.8 Å². The lowest BCUT2D eigenvalue weighted by Gasteiger charge is -2.24. The third-order valence-corrected chi connectivity index (χ3v) is 9.97. The molecule has 1 aliphatic carbocycles. The molecule has 13 nitrogen and oxygen atoms in total. The number of rotatable bonds is 16. The number of fused-ring (bicyclic) bond motifs is 1. The highest BCUT2D eigenvalue weighted by Crippen LogP contribution is 2.38. The Morgan fingerprint density at radius 2 is 1.69 bits per heavy atom. The molecule has 0 saturated heterocycles. The number of ether oxygens (including phenoxy) is 3. The average molecular weight is 772 g/mol. The van der Waals surface area contributed by atoms with Crippen molar-refractivity contribution in [3.05, 3.63) is 86.3 Å². The number of hydrogen-bond acceptors (Lipinski definition) is 10. The van der Waals surface area contributed by atoms with Crippen LogP contribution in [0, 0.1) is 11.1 Å². The molecule has 2 aromatic carbocycles. The number of esters is 1. The number of aromatic nitrogens is 1. The molecule has 51 heavy (non-hydrogen) atoms. The number of amides is 2. The minimum Gasteiger partial charge on any atom is -0.619 e. The second kappa shape index (κ2) is 15.6. The van der Waals surface area contributed by atoms with Crippen molar-refractivity contribution in [3.8, 4) is 11.5 Å². The van der Waals surface area contributed by atoms with E-state index in [0.29, 0.717) is 16.2 Å². The molecule has 1 fully saturated rings. The van der Waals surface area contributed by atoms with Gasteiger partial charge in [-0.15, -0.1) is 0 Å². The Hall–Kier alpha value is -4.25. The normalized spacial score (nSPS) is 15.0. The van der Waals surface area contributed by atoms with Gasteiger partial charge in [0.25, 0.3) is 11.8 Å². The topological polar surface area (TPSA) is 150 Å². The van der Waals surface area contributed by atoms with E-state index in [1.165, 1.54) is 36.4 Å². The fourth-order valence-corrected chi connectivity index (χ4v) is 6.85. The van der Waals surface area contributed by atoms with Gasteiger partial charge >= 0.3 is 12.6 Å². The molecule has 0 radical (unpaired) electrons. The summed E-state index contributed by atoms with van der Waals surface area (Å²) in [5.74, 6) is -2.70. The zero-order valence-corrected chi connectivity index (χ0v) is 30.0. The van der Waals surface area contributed by atoms with Gasteiger partial charge in [-0.25, -0.2) is 8.42 Å². The first-order valence-corrected chi connectivity index (χ1v) is 18.2. The van der Waals surface area contributed by atoms with Crippen LogP contribution in [-0.4, -0.2) is 89.2 Å². The number of pyridine rings is 1. The van der Waals surface area contributed by atoms with Gasteiger partial charge in [0.1, 0.15) is 22.7 Å². The van der Waals surface area contributed by atoms with Crippen LogP contribution in [0.5, 0.6) is 11.5 Å². The van der Waals surface area contributed by atoms with Gasteiger partial charge in [-0.2, -0.15) is 13.5 Å². The van der Waals surface area contributed by atoms with Gasteiger partial charge in [-0.3, -0.25) is 23.6 Å². The molecule has 1 aliphatic heterocycles. The monoisotopic (exact) mass is 770 g/mol. The number of nitrogens with zero attached hydrogens (tertiary/aromatic N) is 4. The number of alkyl halides is 2. The van der Waals surface area contributed by atoms with Crippen LogP contribution in [0.25, 0.3) is 0 Å². The van der Waals surface area contributed by atoms with E-state index in [0.717, 1.165) is 35.8 Å². The fraction of sp³-hybridized carbons (Fsp3) is 0.394. The Bertz CT molecular complexity index is 1920. The summed E-state index contributed by atoms with van der Waals surface area (Å²) in [6.45, 7) is -3.27. The second-order valence-electron chi connectivity index (χ2n) is 12.4. The van der Waals surface area contributed by atoms with Crippen LogP contribution in [0.3, 0.4) is 0 Å². The largest absolute Gasteiger partial charge is 0.619 e. The van der Waals surface area contributed by atoms with Crippen molar-refractivity contribution in [1.82, 2.24) is 9.80 Å². The molecule has 1 saturated carbocycles. The standard InChI is InChI=1S/C33H34Cl2F2N4O9S/c1-38(2)10-11-41(51(3,46)47)21-7-8-22-23(13-21)32(44)40(31(22)43)17-30(42)49-28(14-24-25(34)15-39(45)16-26(24)35)20-6-9-27(50-33(36)37)29(12-20)48-18-19-4-5-19/h6-9,12-13,15-16,19,28,33H,4-5,10-11,14,17-18H2,1-3H3. The van der Waals surface area contributed by atoms with Crippen molar-refractivity contribution in [2.45, 2.75) is 32.0 Å². The molecule has 2 heterocycles. The van der Waals surface area contributed by atoms with Gasteiger partial charge in [0.2, 0.25) is 10.0 Å². The minimum absolute atomic E-state index is 0.0324. The van der Waals surface area contributed by atoms with Crippen LogP contribution in [-0.2, 0) is 26.0 Å². The zero-order chi connectivity index (χ0) is 37.2. The molecule has 5 rings (SSSR count). The summed E-state index contributed by atoms with van der Waals surface area (Å²) in [6, 6.07) is 7.97. The molecule has 1 aromatic heterocycles. The number of anilines is 1. The molecule has 1 unspecified atom stereocenters. The van der Waals surface area contributed by atoms with Crippen molar-refractivity contribution in [2.75, 3.05) is 50.9 Å². The summed E-state index contributed by atoms with van der Waals surface area (Å²) >= 11 is 12.6. The number of likely N-dealkylation sites (N-methyl/N-ethyl adjacent to an activating group) is 1. The maximum absolute atomic E-state index is 13.5. The molecular weight excluding hydrogens is 737 g/mol. The summed E-state index contributed by atoms with van der Waals surface area (Å²) in [7, 11) is -0.207. The highest BCUT2D eigenvalue weighted by Gasteiger charge is 2.38. The Balaban J connectivity index is 1.41. The van der Waals surface area contributed by atoms with E-state index in [2.05, 4.69) is 4.74 Å². The van der Waals surface area contributed by atoms with Gasteiger partial charge in [0.15, 0.2) is 23.9 Å². The zero-order valence-electron chi connectivity index (χ0n) is 27.7. The Labute approximate surface area is 302 Å². The first kappa shape index (κ1) is 38.0. The van der Waals surface area contributed by atoms with E-state index in [1.54, 1.807) is 19.0 Å². The van der Waals surface area contributed by atoms with E-state index >= 15 is 0 Å². The highest BCUT2D eigenvalue weighted by molar-refractivity contribution is 7.92. The fourth-order valence-electron chi connectivity index (χ4n) is 5.34. The maximum Gasteiger partial charge on any atom is 0.387 e. The number of hydrogen-bond donors (Lipinski definition) is 0. The van der Waals surface area contributed by atoms with Crippen LogP contribution in [0.4, 0.5) is 14.5 Å². The number of carbonyl (C=O) groups is 3. The van der Waals surface area contributed by atoms with Crippen molar-refractivity contribution in [3.63, 3.8) is 0 Å². The smallest absolute Gasteiger partial charge is 0.387 e. The molecule has 274 valence electrons. The number of sulfonamides is 1. The summed E-state index contributed by atoms with van der Waals surface area (Å²) in [5, 5.41) is 11.8. The van der Waals surface area contributed by atoms with E-state index in [-0.39, 0.29) is 75.0 Å². The number of halogens is 4. The van der Waals surface area contributed by atoms with Gasteiger partial charge < -0.3 is 24.3 Å². The molecule has 2 aliphatic rings. The van der Waals surface area contributed by atoms with Gasteiger partial charge in [0, 0.05) is 25.1 Å².